The first-order valence-electron chi connectivity index (χ1n) is 10.1. The Morgan fingerprint density at radius 2 is 1.61 bits per heavy atom. The van der Waals surface area contributed by atoms with Crippen LogP contribution >= 0.6 is 11.6 Å². The zero-order chi connectivity index (χ0) is 24.2. The number of hydrogen-bond acceptors (Lipinski definition) is 5. The number of ether oxygens (including phenoxy) is 2. The molecule has 3 rings (SSSR count). The number of carbonyl (C=O) groups excluding carboxylic acids is 1. The van der Waals surface area contributed by atoms with Crippen LogP contribution in [-0.2, 0) is 10.0 Å². The van der Waals surface area contributed by atoms with Gasteiger partial charge in [-0.1, -0.05) is 35.4 Å². The molecule has 1 atom stereocenters. The van der Waals surface area contributed by atoms with E-state index in [9.17, 15) is 13.2 Å². The fourth-order valence-corrected chi connectivity index (χ4v) is 4.43. The molecule has 1 amide bonds. The summed E-state index contributed by atoms with van der Waals surface area (Å²) < 4.78 is 38.4. The number of amides is 1. The second-order valence-corrected chi connectivity index (χ2v) is 9.51. The van der Waals surface area contributed by atoms with Gasteiger partial charge in [-0.25, -0.2) is 8.42 Å². The van der Waals surface area contributed by atoms with Crippen LogP contribution in [0.25, 0.3) is 0 Å². The number of hydrogen-bond donors (Lipinski definition) is 2. The summed E-state index contributed by atoms with van der Waals surface area (Å²) >= 11 is 6.24. The number of halogens is 1. The van der Waals surface area contributed by atoms with E-state index in [2.05, 4.69) is 10.0 Å². The van der Waals surface area contributed by atoms with Crippen LogP contribution in [-0.4, -0.2) is 28.5 Å². The molecule has 0 bridgehead atoms. The lowest BCUT2D eigenvalue weighted by Crippen LogP contribution is -2.27. The molecule has 0 aromatic heterocycles. The summed E-state index contributed by atoms with van der Waals surface area (Å²) in [7, 11) is -0.734. The maximum atomic E-state index is 12.9. The first-order chi connectivity index (χ1) is 15.6. The zero-order valence-corrected chi connectivity index (χ0v) is 20.3. The Bertz CT molecular complexity index is 1260. The van der Waals surface area contributed by atoms with Crippen molar-refractivity contribution in [2.45, 2.75) is 24.8 Å². The molecule has 0 aliphatic rings. The van der Waals surface area contributed by atoms with Gasteiger partial charge in [0.2, 0.25) is 0 Å². The van der Waals surface area contributed by atoms with Gasteiger partial charge in [0.05, 0.1) is 35.7 Å². The third-order valence-corrected chi connectivity index (χ3v) is 6.78. The fraction of sp³-hybridized carbons (Fsp3) is 0.208. The highest BCUT2D eigenvalue weighted by atomic mass is 35.5. The highest BCUT2D eigenvalue weighted by molar-refractivity contribution is 7.92. The second kappa shape index (κ2) is 10.1. The minimum Gasteiger partial charge on any atom is -0.493 e. The van der Waals surface area contributed by atoms with Crippen molar-refractivity contribution in [3.8, 4) is 11.5 Å². The number of anilines is 1. The highest BCUT2D eigenvalue weighted by Crippen LogP contribution is 2.30. The Hall–Kier alpha value is -3.23. The van der Waals surface area contributed by atoms with E-state index in [0.717, 1.165) is 11.1 Å². The Labute approximate surface area is 198 Å². The standard InChI is InChI=1S/C24H25ClN2O5S/c1-15-5-9-19(10-6-15)33(29,30)27-18-8-11-21(25)20(14-18)24(28)26-16(2)17-7-12-22(31-3)23(13-17)32-4/h5-14,16,27H,1-4H3,(H,26,28). The van der Waals surface area contributed by atoms with Crippen molar-refractivity contribution in [1.29, 1.82) is 0 Å². The molecule has 0 saturated carbocycles. The summed E-state index contributed by atoms with van der Waals surface area (Å²) in [5.41, 5.74) is 2.12. The molecule has 3 aromatic rings. The van der Waals surface area contributed by atoms with Gasteiger partial charge in [0.1, 0.15) is 0 Å². The lowest BCUT2D eigenvalue weighted by molar-refractivity contribution is 0.0940. The van der Waals surface area contributed by atoms with Crippen molar-refractivity contribution in [3.63, 3.8) is 0 Å². The molecule has 0 saturated heterocycles. The molecule has 0 aliphatic carbocycles. The summed E-state index contributed by atoms with van der Waals surface area (Å²) in [6.07, 6.45) is 0. The number of sulfonamides is 1. The van der Waals surface area contributed by atoms with Gasteiger partial charge in [-0.2, -0.15) is 0 Å². The minimum atomic E-state index is -3.82. The SMILES string of the molecule is COc1ccc(C(C)NC(=O)c2cc(NS(=O)(=O)c3ccc(C)cc3)ccc2Cl)cc1OC. The van der Waals surface area contributed by atoms with Gasteiger partial charge >= 0.3 is 0 Å². The van der Waals surface area contributed by atoms with Crippen LogP contribution in [0.3, 0.4) is 0 Å². The van der Waals surface area contributed by atoms with Gasteiger partial charge in [-0.15, -0.1) is 0 Å². The van der Waals surface area contributed by atoms with E-state index in [1.165, 1.54) is 37.4 Å². The molecule has 174 valence electrons. The number of methoxy groups -OCH3 is 2. The van der Waals surface area contributed by atoms with Crippen molar-refractivity contribution < 1.29 is 22.7 Å². The van der Waals surface area contributed by atoms with E-state index in [0.29, 0.717) is 11.5 Å². The molecule has 33 heavy (non-hydrogen) atoms. The first kappa shape index (κ1) is 24.4. The lowest BCUT2D eigenvalue weighted by Gasteiger charge is -2.17. The topological polar surface area (TPSA) is 93.7 Å². The lowest BCUT2D eigenvalue weighted by atomic mass is 10.1. The predicted octanol–water partition coefficient (Wildman–Crippen LogP) is 4.96. The normalized spacial score (nSPS) is 12.0. The van der Waals surface area contributed by atoms with E-state index in [1.54, 1.807) is 31.4 Å². The van der Waals surface area contributed by atoms with Gasteiger partial charge in [0, 0.05) is 5.69 Å². The van der Waals surface area contributed by atoms with Crippen molar-refractivity contribution in [2.75, 3.05) is 18.9 Å². The smallest absolute Gasteiger partial charge is 0.261 e. The maximum Gasteiger partial charge on any atom is 0.261 e. The number of benzene rings is 3. The Balaban J connectivity index is 1.80. The molecule has 0 heterocycles. The Kier molecular flexibility index (Phi) is 7.50. The van der Waals surface area contributed by atoms with Crippen LogP contribution in [0.2, 0.25) is 5.02 Å². The number of rotatable bonds is 8. The van der Waals surface area contributed by atoms with Gasteiger partial charge in [-0.3, -0.25) is 9.52 Å². The van der Waals surface area contributed by atoms with Gasteiger partial charge in [0.15, 0.2) is 11.5 Å². The first-order valence-corrected chi connectivity index (χ1v) is 11.9. The van der Waals surface area contributed by atoms with Crippen molar-refractivity contribution in [3.05, 3.63) is 82.4 Å². The van der Waals surface area contributed by atoms with Crippen LogP contribution in [0.15, 0.2) is 65.6 Å². The molecular formula is C24H25ClN2O5S. The van der Waals surface area contributed by atoms with Crippen LogP contribution in [0.5, 0.6) is 11.5 Å². The Morgan fingerprint density at radius 3 is 2.24 bits per heavy atom. The van der Waals surface area contributed by atoms with Gasteiger partial charge < -0.3 is 14.8 Å². The molecule has 2 N–H and O–H groups in total. The summed E-state index contributed by atoms with van der Waals surface area (Å²) in [6, 6.07) is 15.8. The predicted molar refractivity (Wildman–Crippen MR) is 129 cm³/mol. The van der Waals surface area contributed by atoms with Gasteiger partial charge in [-0.05, 0) is 61.9 Å². The van der Waals surface area contributed by atoms with E-state index >= 15 is 0 Å². The molecule has 7 nitrogen and oxygen atoms in total. The summed E-state index contributed by atoms with van der Waals surface area (Å²) in [6.45, 7) is 3.69. The number of aryl methyl sites for hydroxylation is 1. The number of nitrogens with one attached hydrogen (secondary N) is 2. The summed E-state index contributed by atoms with van der Waals surface area (Å²) in [4.78, 5) is 13.0. The number of carbonyl (C=O) groups is 1. The third kappa shape index (κ3) is 5.77. The van der Waals surface area contributed by atoms with Crippen molar-refractivity contribution >= 4 is 33.2 Å². The second-order valence-electron chi connectivity index (χ2n) is 7.42. The molecule has 0 spiro atoms. The van der Waals surface area contributed by atoms with E-state index in [-0.39, 0.29) is 27.2 Å². The molecule has 3 aromatic carbocycles. The van der Waals surface area contributed by atoms with Gasteiger partial charge in [0.25, 0.3) is 15.9 Å². The largest absolute Gasteiger partial charge is 0.493 e. The van der Waals surface area contributed by atoms with Crippen LogP contribution in [0, 0.1) is 6.92 Å². The van der Waals surface area contributed by atoms with E-state index < -0.39 is 15.9 Å². The van der Waals surface area contributed by atoms with Crippen LogP contribution < -0.4 is 19.5 Å². The fourth-order valence-electron chi connectivity index (χ4n) is 3.17. The quantitative estimate of drug-likeness (QED) is 0.467. The van der Waals surface area contributed by atoms with Crippen LogP contribution in [0.4, 0.5) is 5.69 Å². The molecule has 0 aliphatic heterocycles. The average molecular weight is 489 g/mol. The monoisotopic (exact) mass is 488 g/mol. The molecule has 1 unspecified atom stereocenters. The molecule has 0 fully saturated rings. The van der Waals surface area contributed by atoms with E-state index in [1.807, 2.05) is 19.9 Å². The molecule has 9 heteroatoms. The van der Waals surface area contributed by atoms with Crippen LogP contribution in [0.1, 0.15) is 34.5 Å². The maximum absolute atomic E-state index is 12.9. The third-order valence-electron chi connectivity index (χ3n) is 5.05. The summed E-state index contributed by atoms with van der Waals surface area (Å²) in [5.74, 6) is 0.677. The summed E-state index contributed by atoms with van der Waals surface area (Å²) in [5, 5.41) is 3.07. The molecule has 0 radical (unpaired) electrons. The average Bonchev–Trinajstić information content (AvgIpc) is 2.79. The highest BCUT2D eigenvalue weighted by Gasteiger charge is 2.19. The molecular weight excluding hydrogens is 464 g/mol. The Morgan fingerprint density at radius 1 is 0.939 bits per heavy atom. The minimum absolute atomic E-state index is 0.121. The van der Waals surface area contributed by atoms with Crippen molar-refractivity contribution in [2.24, 2.45) is 0 Å². The van der Waals surface area contributed by atoms with E-state index in [4.69, 9.17) is 21.1 Å². The van der Waals surface area contributed by atoms with Crippen molar-refractivity contribution in [1.82, 2.24) is 5.32 Å². The zero-order valence-electron chi connectivity index (χ0n) is 18.7.